The average Bonchev–Trinajstić information content (AvgIpc) is 1.97. The highest BCUT2D eigenvalue weighted by Gasteiger charge is 2.08. The molecule has 11 heavy (non-hydrogen) atoms. The van der Waals surface area contributed by atoms with Gasteiger partial charge < -0.3 is 16.6 Å². The molecular formula is C6H11N3O2. The molecule has 1 atom stereocenters. The molecule has 0 radical (unpaired) electrons. The first-order valence-corrected chi connectivity index (χ1v) is 3.03. The number of hydrogen-bond donors (Lipinski definition) is 3. The highest BCUT2D eigenvalue weighted by Crippen LogP contribution is 1.79. The van der Waals surface area contributed by atoms with Gasteiger partial charge in [-0.25, -0.2) is 0 Å². The number of carboxylic acids is 1. The fraction of sp³-hybridized carbons (Fsp3) is 0.333. The van der Waals surface area contributed by atoms with Crippen LogP contribution in [0.3, 0.4) is 0 Å². The van der Waals surface area contributed by atoms with Crippen LogP contribution < -0.4 is 11.5 Å². The lowest BCUT2D eigenvalue weighted by atomic mass is 10.3. The van der Waals surface area contributed by atoms with Gasteiger partial charge in [0.05, 0.1) is 6.54 Å². The molecule has 0 saturated heterocycles. The van der Waals surface area contributed by atoms with E-state index in [2.05, 4.69) is 4.99 Å². The van der Waals surface area contributed by atoms with E-state index in [1.807, 2.05) is 0 Å². The number of rotatable bonds is 4. The number of carbonyl (C=O) groups is 1. The van der Waals surface area contributed by atoms with Crippen LogP contribution >= 0.6 is 0 Å². The standard InChI is InChI=1S/C6H11N3O2/c7-2-1-3-9-4-5(8)6(10)11/h1-3,5H,4,7-8H2,(H,10,11). The maximum atomic E-state index is 10.1. The van der Waals surface area contributed by atoms with E-state index in [1.54, 1.807) is 0 Å². The zero-order chi connectivity index (χ0) is 8.69. The molecule has 0 amide bonds. The van der Waals surface area contributed by atoms with Gasteiger partial charge in [-0.1, -0.05) is 0 Å². The third-order valence-corrected chi connectivity index (χ3v) is 0.922. The Morgan fingerprint density at radius 3 is 2.82 bits per heavy atom. The van der Waals surface area contributed by atoms with E-state index in [0.717, 1.165) is 0 Å². The summed E-state index contributed by atoms with van der Waals surface area (Å²) < 4.78 is 0. The van der Waals surface area contributed by atoms with Crippen LogP contribution in [-0.4, -0.2) is 29.9 Å². The first kappa shape index (κ1) is 9.64. The number of aliphatic carboxylic acids is 1. The summed E-state index contributed by atoms with van der Waals surface area (Å²) in [5, 5.41) is 8.30. The van der Waals surface area contributed by atoms with Crippen molar-refractivity contribution in [1.82, 2.24) is 0 Å². The van der Waals surface area contributed by atoms with E-state index < -0.39 is 12.0 Å². The molecule has 0 saturated carbocycles. The number of nitrogens with two attached hydrogens (primary N) is 2. The van der Waals surface area contributed by atoms with Crippen LogP contribution in [0.2, 0.25) is 0 Å². The maximum Gasteiger partial charge on any atom is 0.322 e. The van der Waals surface area contributed by atoms with Gasteiger partial charge >= 0.3 is 5.97 Å². The van der Waals surface area contributed by atoms with Crippen LogP contribution in [-0.2, 0) is 4.79 Å². The minimum Gasteiger partial charge on any atom is -0.480 e. The SMILES string of the molecule is NC=CC=NCC(N)C(=O)O. The number of allylic oxidation sites excluding steroid dienone is 1. The maximum absolute atomic E-state index is 10.1. The third-order valence-electron chi connectivity index (χ3n) is 0.922. The fourth-order valence-electron chi connectivity index (χ4n) is 0.363. The summed E-state index contributed by atoms with van der Waals surface area (Å²) in [4.78, 5) is 13.8. The van der Waals surface area contributed by atoms with Crippen molar-refractivity contribution in [2.24, 2.45) is 16.5 Å². The molecule has 62 valence electrons. The number of hydrogen-bond acceptors (Lipinski definition) is 4. The lowest BCUT2D eigenvalue weighted by molar-refractivity contribution is -0.138. The van der Waals surface area contributed by atoms with Crippen LogP contribution in [0.1, 0.15) is 0 Å². The van der Waals surface area contributed by atoms with Gasteiger partial charge in [0.25, 0.3) is 0 Å². The molecule has 5 N–H and O–H groups in total. The van der Waals surface area contributed by atoms with Crippen LogP contribution in [0.15, 0.2) is 17.3 Å². The monoisotopic (exact) mass is 157 g/mol. The van der Waals surface area contributed by atoms with Crippen molar-refractivity contribution in [2.75, 3.05) is 6.54 Å². The molecule has 0 fully saturated rings. The molecule has 5 heteroatoms. The molecule has 5 nitrogen and oxygen atoms in total. The van der Waals surface area contributed by atoms with Crippen LogP contribution in [0.25, 0.3) is 0 Å². The fourth-order valence-corrected chi connectivity index (χ4v) is 0.363. The van der Waals surface area contributed by atoms with Crippen molar-refractivity contribution in [1.29, 1.82) is 0 Å². The van der Waals surface area contributed by atoms with Crippen molar-refractivity contribution in [3.05, 3.63) is 12.3 Å². The zero-order valence-corrected chi connectivity index (χ0v) is 5.97. The summed E-state index contributed by atoms with van der Waals surface area (Å²) in [6, 6.07) is -0.933. The van der Waals surface area contributed by atoms with Crippen molar-refractivity contribution >= 4 is 12.2 Å². The minimum absolute atomic E-state index is 0.0691. The largest absolute Gasteiger partial charge is 0.480 e. The van der Waals surface area contributed by atoms with E-state index in [4.69, 9.17) is 16.6 Å². The second-order valence-corrected chi connectivity index (χ2v) is 1.84. The van der Waals surface area contributed by atoms with Gasteiger partial charge in [-0.3, -0.25) is 9.79 Å². The number of carboxylic acid groups (broad SMARTS) is 1. The summed E-state index contributed by atoms with van der Waals surface area (Å²) >= 11 is 0. The van der Waals surface area contributed by atoms with Crippen molar-refractivity contribution < 1.29 is 9.90 Å². The van der Waals surface area contributed by atoms with Crippen molar-refractivity contribution in [3.8, 4) is 0 Å². The zero-order valence-electron chi connectivity index (χ0n) is 5.97. The molecule has 0 aromatic rings. The molecule has 0 aliphatic rings. The van der Waals surface area contributed by atoms with Gasteiger partial charge in [-0.15, -0.1) is 0 Å². The summed E-state index contributed by atoms with van der Waals surface area (Å²) in [7, 11) is 0. The van der Waals surface area contributed by atoms with Crippen molar-refractivity contribution in [2.45, 2.75) is 6.04 Å². The Kier molecular flexibility index (Phi) is 4.76. The molecule has 0 bridgehead atoms. The van der Waals surface area contributed by atoms with Crippen LogP contribution in [0.5, 0.6) is 0 Å². The Morgan fingerprint density at radius 2 is 2.36 bits per heavy atom. The van der Waals surface area contributed by atoms with E-state index in [-0.39, 0.29) is 6.54 Å². The Bertz CT molecular complexity index is 177. The van der Waals surface area contributed by atoms with Gasteiger partial charge in [0.15, 0.2) is 0 Å². The molecule has 1 unspecified atom stereocenters. The molecule has 0 aromatic carbocycles. The van der Waals surface area contributed by atoms with Gasteiger partial charge in [0.2, 0.25) is 0 Å². The molecule has 0 aliphatic carbocycles. The van der Waals surface area contributed by atoms with E-state index >= 15 is 0 Å². The lowest BCUT2D eigenvalue weighted by Gasteiger charge is -1.98. The Balaban J connectivity index is 3.61. The second kappa shape index (κ2) is 5.43. The highest BCUT2D eigenvalue weighted by atomic mass is 16.4. The number of nitrogens with zero attached hydrogens (tertiary/aromatic N) is 1. The quantitative estimate of drug-likeness (QED) is 0.453. The predicted octanol–water partition coefficient (Wildman–Crippen LogP) is -1.06. The van der Waals surface area contributed by atoms with Crippen molar-refractivity contribution in [3.63, 3.8) is 0 Å². The summed E-state index contributed by atoms with van der Waals surface area (Å²) in [6.45, 7) is 0.0691. The average molecular weight is 157 g/mol. The lowest BCUT2D eigenvalue weighted by Crippen LogP contribution is -2.32. The van der Waals surface area contributed by atoms with Crippen LogP contribution in [0.4, 0.5) is 0 Å². The van der Waals surface area contributed by atoms with E-state index in [0.29, 0.717) is 0 Å². The number of aliphatic imine (C=N–C) groups is 1. The normalized spacial score (nSPS) is 14.3. The Hall–Kier alpha value is -1.36. The molecule has 0 aromatic heterocycles. The molecule has 0 spiro atoms. The third kappa shape index (κ3) is 5.10. The van der Waals surface area contributed by atoms with Gasteiger partial charge in [-0.2, -0.15) is 0 Å². The molecular weight excluding hydrogens is 146 g/mol. The molecule has 0 rings (SSSR count). The predicted molar refractivity (Wildman–Crippen MR) is 42.3 cm³/mol. The summed E-state index contributed by atoms with van der Waals surface area (Å²) in [6.07, 6.45) is 4.20. The highest BCUT2D eigenvalue weighted by molar-refractivity contribution is 5.75. The topological polar surface area (TPSA) is 102 Å². The smallest absolute Gasteiger partial charge is 0.322 e. The second-order valence-electron chi connectivity index (χ2n) is 1.84. The van der Waals surface area contributed by atoms with Crippen LogP contribution in [0, 0.1) is 0 Å². The Morgan fingerprint density at radius 1 is 1.73 bits per heavy atom. The first-order valence-electron chi connectivity index (χ1n) is 3.03. The van der Waals surface area contributed by atoms with E-state index in [1.165, 1.54) is 18.5 Å². The van der Waals surface area contributed by atoms with Gasteiger partial charge in [0, 0.05) is 6.21 Å². The van der Waals surface area contributed by atoms with Gasteiger partial charge in [0.1, 0.15) is 6.04 Å². The molecule has 0 aliphatic heterocycles. The first-order chi connectivity index (χ1) is 5.18. The minimum atomic E-state index is -1.06. The van der Waals surface area contributed by atoms with Gasteiger partial charge in [-0.05, 0) is 12.3 Å². The Labute approximate surface area is 64.4 Å². The van der Waals surface area contributed by atoms with E-state index in [9.17, 15) is 4.79 Å². The summed E-state index contributed by atoms with van der Waals surface area (Å²) in [5.41, 5.74) is 10.1. The summed E-state index contributed by atoms with van der Waals surface area (Å²) in [5.74, 6) is -1.06. The molecule has 0 heterocycles.